The summed E-state index contributed by atoms with van der Waals surface area (Å²) in [6.07, 6.45) is 5.04. The van der Waals surface area contributed by atoms with Gasteiger partial charge in [0, 0.05) is 17.8 Å². The molecule has 1 saturated carbocycles. The van der Waals surface area contributed by atoms with Crippen LogP contribution in [0.2, 0.25) is 0 Å². The SMILES string of the molecule is N#CC1CCCCCC1Nc1ccc(F)c(F)c1. The van der Waals surface area contributed by atoms with E-state index in [-0.39, 0.29) is 12.0 Å². The lowest BCUT2D eigenvalue weighted by atomic mass is 9.96. The monoisotopic (exact) mass is 250 g/mol. The van der Waals surface area contributed by atoms with Crippen molar-refractivity contribution in [2.45, 2.75) is 38.1 Å². The first kappa shape index (κ1) is 12.8. The van der Waals surface area contributed by atoms with Crippen molar-refractivity contribution in [2.24, 2.45) is 5.92 Å². The average molecular weight is 250 g/mol. The van der Waals surface area contributed by atoms with Crippen LogP contribution >= 0.6 is 0 Å². The predicted molar refractivity (Wildman–Crippen MR) is 66.0 cm³/mol. The molecule has 1 aromatic carbocycles. The number of nitrogens with zero attached hydrogens (tertiary/aromatic N) is 1. The summed E-state index contributed by atoms with van der Waals surface area (Å²) >= 11 is 0. The van der Waals surface area contributed by atoms with Gasteiger partial charge in [-0.25, -0.2) is 8.78 Å². The molecule has 0 bridgehead atoms. The molecule has 1 aliphatic rings. The Kier molecular flexibility index (Phi) is 4.14. The summed E-state index contributed by atoms with van der Waals surface area (Å²) in [5.74, 6) is -1.76. The second-order valence-electron chi connectivity index (χ2n) is 4.75. The maximum Gasteiger partial charge on any atom is 0.160 e. The van der Waals surface area contributed by atoms with Crippen LogP contribution in [0, 0.1) is 28.9 Å². The molecule has 2 rings (SSSR count). The van der Waals surface area contributed by atoms with Crippen LogP contribution in [0.1, 0.15) is 32.1 Å². The minimum atomic E-state index is -0.859. The number of hydrogen-bond acceptors (Lipinski definition) is 2. The normalized spacial score (nSPS) is 24.1. The summed E-state index contributed by atoms with van der Waals surface area (Å²) in [6.45, 7) is 0. The van der Waals surface area contributed by atoms with Crippen LogP contribution in [0.5, 0.6) is 0 Å². The minimum Gasteiger partial charge on any atom is -0.381 e. The van der Waals surface area contributed by atoms with Crippen molar-refractivity contribution in [3.63, 3.8) is 0 Å². The van der Waals surface area contributed by atoms with E-state index in [4.69, 9.17) is 5.26 Å². The van der Waals surface area contributed by atoms with Gasteiger partial charge >= 0.3 is 0 Å². The molecule has 0 aliphatic heterocycles. The van der Waals surface area contributed by atoms with Crippen molar-refractivity contribution >= 4 is 5.69 Å². The van der Waals surface area contributed by atoms with Crippen LogP contribution in [0.25, 0.3) is 0 Å². The number of hydrogen-bond donors (Lipinski definition) is 1. The molecule has 18 heavy (non-hydrogen) atoms. The zero-order chi connectivity index (χ0) is 13.0. The lowest BCUT2D eigenvalue weighted by molar-refractivity contribution is 0.503. The first-order valence-electron chi connectivity index (χ1n) is 6.32. The summed E-state index contributed by atoms with van der Waals surface area (Å²) in [4.78, 5) is 0. The quantitative estimate of drug-likeness (QED) is 0.809. The van der Waals surface area contributed by atoms with E-state index in [1.807, 2.05) is 0 Å². The van der Waals surface area contributed by atoms with Gasteiger partial charge in [0.05, 0.1) is 12.0 Å². The Labute approximate surface area is 106 Å². The van der Waals surface area contributed by atoms with E-state index < -0.39 is 11.6 Å². The van der Waals surface area contributed by atoms with Crippen molar-refractivity contribution in [3.05, 3.63) is 29.8 Å². The molecule has 0 radical (unpaired) electrons. The second kappa shape index (κ2) is 5.81. The zero-order valence-corrected chi connectivity index (χ0v) is 10.1. The van der Waals surface area contributed by atoms with Crippen molar-refractivity contribution in [1.82, 2.24) is 0 Å². The van der Waals surface area contributed by atoms with Gasteiger partial charge in [-0.15, -0.1) is 0 Å². The highest BCUT2D eigenvalue weighted by Crippen LogP contribution is 2.26. The van der Waals surface area contributed by atoms with E-state index in [1.165, 1.54) is 6.07 Å². The number of benzene rings is 1. The number of anilines is 1. The Morgan fingerprint density at radius 3 is 2.61 bits per heavy atom. The standard InChI is InChI=1S/C14H16F2N2/c15-12-7-6-11(8-13(12)16)18-14-5-3-1-2-4-10(14)9-17/h6-8,10,14,18H,1-5H2. The van der Waals surface area contributed by atoms with Gasteiger partial charge in [-0.05, 0) is 25.0 Å². The third-order valence-corrected chi connectivity index (χ3v) is 3.45. The third-order valence-electron chi connectivity index (χ3n) is 3.45. The molecule has 0 aromatic heterocycles. The van der Waals surface area contributed by atoms with Crippen LogP contribution in [0.3, 0.4) is 0 Å². The van der Waals surface area contributed by atoms with Crippen molar-refractivity contribution < 1.29 is 8.78 Å². The molecular weight excluding hydrogens is 234 g/mol. The van der Waals surface area contributed by atoms with Crippen LogP contribution in [-0.4, -0.2) is 6.04 Å². The maximum atomic E-state index is 13.1. The van der Waals surface area contributed by atoms with Gasteiger partial charge in [-0.2, -0.15) is 5.26 Å². The molecule has 0 heterocycles. The van der Waals surface area contributed by atoms with Crippen LogP contribution < -0.4 is 5.32 Å². The van der Waals surface area contributed by atoms with E-state index >= 15 is 0 Å². The highest BCUT2D eigenvalue weighted by atomic mass is 19.2. The van der Waals surface area contributed by atoms with E-state index in [1.54, 1.807) is 0 Å². The summed E-state index contributed by atoms with van der Waals surface area (Å²) < 4.78 is 25.9. The Hall–Kier alpha value is -1.63. The molecule has 1 aliphatic carbocycles. The Bertz CT molecular complexity index is 454. The van der Waals surface area contributed by atoms with Crippen molar-refractivity contribution in [3.8, 4) is 6.07 Å². The van der Waals surface area contributed by atoms with Gasteiger partial charge in [0.1, 0.15) is 0 Å². The van der Waals surface area contributed by atoms with Crippen LogP contribution in [0.4, 0.5) is 14.5 Å². The summed E-state index contributed by atoms with van der Waals surface area (Å²) in [5.41, 5.74) is 0.543. The van der Waals surface area contributed by atoms with Gasteiger partial charge in [0.2, 0.25) is 0 Å². The minimum absolute atomic E-state index is 0.0300. The molecule has 1 fully saturated rings. The molecule has 2 unspecified atom stereocenters. The highest BCUT2D eigenvalue weighted by Gasteiger charge is 2.23. The summed E-state index contributed by atoms with van der Waals surface area (Å²) in [6, 6.07) is 6.11. The molecule has 96 valence electrons. The van der Waals surface area contributed by atoms with E-state index in [9.17, 15) is 8.78 Å². The lowest BCUT2D eigenvalue weighted by Crippen LogP contribution is -2.27. The lowest BCUT2D eigenvalue weighted by Gasteiger charge is -2.22. The number of halogens is 2. The highest BCUT2D eigenvalue weighted by molar-refractivity contribution is 5.44. The molecule has 2 nitrogen and oxygen atoms in total. The summed E-state index contributed by atoms with van der Waals surface area (Å²) in [5, 5.41) is 12.3. The third kappa shape index (κ3) is 2.98. The number of rotatable bonds is 2. The number of nitrogens with one attached hydrogen (secondary N) is 1. The first-order valence-corrected chi connectivity index (χ1v) is 6.32. The second-order valence-corrected chi connectivity index (χ2v) is 4.75. The van der Waals surface area contributed by atoms with Crippen molar-refractivity contribution in [1.29, 1.82) is 5.26 Å². The molecule has 0 saturated heterocycles. The molecule has 1 aromatic rings. The molecule has 0 amide bonds. The molecule has 4 heteroatoms. The van der Waals surface area contributed by atoms with Crippen LogP contribution in [0.15, 0.2) is 18.2 Å². The number of nitriles is 1. The molecule has 0 spiro atoms. The zero-order valence-electron chi connectivity index (χ0n) is 10.1. The largest absolute Gasteiger partial charge is 0.381 e. The van der Waals surface area contributed by atoms with E-state index in [2.05, 4.69) is 11.4 Å². The van der Waals surface area contributed by atoms with Gasteiger partial charge in [-0.1, -0.05) is 19.3 Å². The topological polar surface area (TPSA) is 35.8 Å². The smallest absolute Gasteiger partial charge is 0.160 e. The Balaban J connectivity index is 2.10. The van der Waals surface area contributed by atoms with Gasteiger partial charge in [0.15, 0.2) is 11.6 Å². The van der Waals surface area contributed by atoms with Crippen molar-refractivity contribution in [2.75, 3.05) is 5.32 Å². The molecular formula is C14H16F2N2. The summed E-state index contributed by atoms with van der Waals surface area (Å²) in [7, 11) is 0. The fraction of sp³-hybridized carbons (Fsp3) is 0.500. The van der Waals surface area contributed by atoms with Crippen LogP contribution in [-0.2, 0) is 0 Å². The predicted octanol–water partition coefficient (Wildman–Crippen LogP) is 3.85. The Morgan fingerprint density at radius 1 is 1.11 bits per heavy atom. The van der Waals surface area contributed by atoms with E-state index in [0.29, 0.717) is 5.69 Å². The molecule has 1 N–H and O–H groups in total. The molecule has 2 atom stereocenters. The first-order chi connectivity index (χ1) is 8.70. The maximum absolute atomic E-state index is 13.1. The van der Waals surface area contributed by atoms with E-state index in [0.717, 1.165) is 44.2 Å². The fourth-order valence-electron chi connectivity index (χ4n) is 2.43. The average Bonchev–Trinajstić information content (AvgIpc) is 2.59. The Morgan fingerprint density at radius 2 is 1.89 bits per heavy atom. The fourth-order valence-corrected chi connectivity index (χ4v) is 2.43. The van der Waals surface area contributed by atoms with Gasteiger partial charge in [0.25, 0.3) is 0 Å². The van der Waals surface area contributed by atoms with Gasteiger partial charge < -0.3 is 5.32 Å². The van der Waals surface area contributed by atoms with Gasteiger partial charge in [-0.3, -0.25) is 0 Å².